The maximum atomic E-state index is 4.41. The summed E-state index contributed by atoms with van der Waals surface area (Å²) in [4.78, 5) is 4.41. The molecule has 1 unspecified atom stereocenters. The number of benzene rings is 2. The van der Waals surface area contributed by atoms with E-state index < -0.39 is 0 Å². The van der Waals surface area contributed by atoms with Gasteiger partial charge in [-0.3, -0.25) is 4.98 Å². The first-order valence-electron chi connectivity index (χ1n) is 7.32. The molecule has 0 bridgehead atoms. The van der Waals surface area contributed by atoms with Crippen LogP contribution in [-0.2, 0) is 0 Å². The molecule has 3 aromatic rings. The summed E-state index contributed by atoms with van der Waals surface area (Å²) in [5.41, 5.74) is 6.08. The lowest BCUT2D eigenvalue weighted by Gasteiger charge is -2.18. The van der Waals surface area contributed by atoms with Gasteiger partial charge in [0.1, 0.15) is 0 Å². The SMILES string of the molecule is Cc1cc(C)cc(C(C)Nc2cccc3ncccc23)c1. The number of anilines is 1. The lowest BCUT2D eigenvalue weighted by atomic mass is 10.0. The quantitative estimate of drug-likeness (QED) is 0.726. The number of hydrogen-bond donors (Lipinski definition) is 1. The Balaban J connectivity index is 1.94. The molecule has 0 spiro atoms. The van der Waals surface area contributed by atoms with Crippen molar-refractivity contribution in [3.05, 3.63) is 71.4 Å². The molecule has 106 valence electrons. The number of hydrogen-bond acceptors (Lipinski definition) is 2. The van der Waals surface area contributed by atoms with Crippen LogP contribution in [0, 0.1) is 13.8 Å². The highest BCUT2D eigenvalue weighted by molar-refractivity contribution is 5.91. The van der Waals surface area contributed by atoms with E-state index in [0.29, 0.717) is 0 Å². The molecule has 1 atom stereocenters. The fraction of sp³-hybridized carbons (Fsp3) is 0.211. The van der Waals surface area contributed by atoms with E-state index in [0.717, 1.165) is 16.6 Å². The lowest BCUT2D eigenvalue weighted by molar-refractivity contribution is 0.882. The van der Waals surface area contributed by atoms with Crippen LogP contribution in [-0.4, -0.2) is 4.98 Å². The largest absolute Gasteiger partial charge is 0.378 e. The Kier molecular flexibility index (Phi) is 3.61. The van der Waals surface area contributed by atoms with Crippen LogP contribution in [0.1, 0.15) is 29.7 Å². The van der Waals surface area contributed by atoms with Crippen LogP contribution in [0.4, 0.5) is 5.69 Å². The summed E-state index contributed by atoms with van der Waals surface area (Å²) in [7, 11) is 0. The highest BCUT2D eigenvalue weighted by atomic mass is 14.9. The summed E-state index contributed by atoms with van der Waals surface area (Å²) in [5.74, 6) is 0. The molecule has 2 aromatic carbocycles. The highest BCUT2D eigenvalue weighted by Crippen LogP contribution is 2.26. The van der Waals surface area contributed by atoms with Gasteiger partial charge in [-0.1, -0.05) is 35.4 Å². The maximum Gasteiger partial charge on any atom is 0.0722 e. The number of pyridine rings is 1. The standard InChI is InChI=1S/C19H20N2/c1-13-10-14(2)12-16(11-13)15(3)21-19-8-4-7-18-17(19)6-5-9-20-18/h4-12,15,21H,1-3H3. The van der Waals surface area contributed by atoms with Crippen LogP contribution < -0.4 is 5.32 Å². The predicted molar refractivity (Wildman–Crippen MR) is 89.7 cm³/mol. The molecule has 0 saturated carbocycles. The molecule has 1 N–H and O–H groups in total. The van der Waals surface area contributed by atoms with E-state index >= 15 is 0 Å². The second kappa shape index (κ2) is 5.57. The summed E-state index contributed by atoms with van der Waals surface area (Å²) >= 11 is 0. The molecule has 0 aliphatic heterocycles. The molecule has 21 heavy (non-hydrogen) atoms. The maximum absolute atomic E-state index is 4.41. The van der Waals surface area contributed by atoms with Gasteiger partial charge >= 0.3 is 0 Å². The van der Waals surface area contributed by atoms with Crippen molar-refractivity contribution in [2.24, 2.45) is 0 Å². The predicted octanol–water partition coefficient (Wildman–Crippen LogP) is 5.02. The molecule has 2 nitrogen and oxygen atoms in total. The van der Waals surface area contributed by atoms with E-state index in [1.54, 1.807) is 0 Å². The Hall–Kier alpha value is -2.35. The minimum absolute atomic E-state index is 0.259. The topological polar surface area (TPSA) is 24.9 Å². The van der Waals surface area contributed by atoms with Crippen molar-refractivity contribution in [2.45, 2.75) is 26.8 Å². The Bertz CT molecular complexity index is 752. The van der Waals surface area contributed by atoms with Gasteiger partial charge in [-0.25, -0.2) is 0 Å². The van der Waals surface area contributed by atoms with Gasteiger partial charge in [-0.2, -0.15) is 0 Å². The van der Waals surface area contributed by atoms with Crippen LogP contribution >= 0.6 is 0 Å². The molecule has 3 rings (SSSR count). The van der Waals surface area contributed by atoms with Crippen LogP contribution in [0.5, 0.6) is 0 Å². The lowest BCUT2D eigenvalue weighted by Crippen LogP contribution is -2.07. The first-order valence-corrected chi connectivity index (χ1v) is 7.32. The van der Waals surface area contributed by atoms with Crippen LogP contribution in [0.3, 0.4) is 0 Å². The molecule has 2 heteroatoms. The number of aryl methyl sites for hydroxylation is 2. The van der Waals surface area contributed by atoms with Crippen LogP contribution in [0.25, 0.3) is 10.9 Å². The Morgan fingerprint density at radius 1 is 0.952 bits per heavy atom. The molecule has 0 aliphatic rings. The van der Waals surface area contributed by atoms with Gasteiger partial charge in [0.2, 0.25) is 0 Å². The monoisotopic (exact) mass is 276 g/mol. The number of aromatic nitrogens is 1. The van der Waals surface area contributed by atoms with Crippen molar-refractivity contribution in [1.82, 2.24) is 4.98 Å². The van der Waals surface area contributed by atoms with Crippen molar-refractivity contribution < 1.29 is 0 Å². The summed E-state index contributed by atoms with van der Waals surface area (Å²) in [6.45, 7) is 6.49. The minimum Gasteiger partial charge on any atom is -0.378 e. The fourth-order valence-corrected chi connectivity index (χ4v) is 2.81. The number of fused-ring (bicyclic) bond motifs is 1. The van der Waals surface area contributed by atoms with Gasteiger partial charge < -0.3 is 5.32 Å². The van der Waals surface area contributed by atoms with Gasteiger partial charge in [-0.15, -0.1) is 0 Å². The second-order valence-corrected chi connectivity index (χ2v) is 5.66. The molecule has 0 radical (unpaired) electrons. The van der Waals surface area contributed by atoms with Crippen molar-refractivity contribution in [1.29, 1.82) is 0 Å². The minimum atomic E-state index is 0.259. The van der Waals surface area contributed by atoms with Gasteiger partial charge in [-0.05, 0) is 50.6 Å². The first-order chi connectivity index (χ1) is 10.1. The molecular formula is C19H20N2. The van der Waals surface area contributed by atoms with E-state index in [1.165, 1.54) is 16.7 Å². The van der Waals surface area contributed by atoms with Crippen LogP contribution in [0.15, 0.2) is 54.7 Å². The fourth-order valence-electron chi connectivity index (χ4n) is 2.81. The zero-order valence-electron chi connectivity index (χ0n) is 12.7. The third-order valence-corrected chi connectivity index (χ3v) is 3.76. The first kappa shape index (κ1) is 13.6. The van der Waals surface area contributed by atoms with Gasteiger partial charge in [0, 0.05) is 23.3 Å². The van der Waals surface area contributed by atoms with Crippen molar-refractivity contribution in [2.75, 3.05) is 5.32 Å². The third-order valence-electron chi connectivity index (χ3n) is 3.76. The molecule has 0 fully saturated rings. The highest BCUT2D eigenvalue weighted by Gasteiger charge is 2.08. The molecule has 0 saturated heterocycles. The smallest absolute Gasteiger partial charge is 0.0722 e. The van der Waals surface area contributed by atoms with E-state index in [-0.39, 0.29) is 6.04 Å². The van der Waals surface area contributed by atoms with Crippen molar-refractivity contribution in [3.8, 4) is 0 Å². The zero-order valence-corrected chi connectivity index (χ0v) is 12.7. The average Bonchev–Trinajstić information content (AvgIpc) is 2.46. The van der Waals surface area contributed by atoms with Crippen molar-refractivity contribution in [3.63, 3.8) is 0 Å². The van der Waals surface area contributed by atoms with E-state index in [1.807, 2.05) is 24.4 Å². The van der Waals surface area contributed by atoms with Gasteiger partial charge in [0.05, 0.1) is 5.52 Å². The summed E-state index contributed by atoms with van der Waals surface area (Å²) < 4.78 is 0. The van der Waals surface area contributed by atoms with Crippen LogP contribution in [0.2, 0.25) is 0 Å². The Labute approximate surface area is 125 Å². The van der Waals surface area contributed by atoms with E-state index in [9.17, 15) is 0 Å². The summed E-state index contributed by atoms with van der Waals surface area (Å²) in [6.07, 6.45) is 1.83. The molecular weight excluding hydrogens is 256 g/mol. The number of nitrogens with one attached hydrogen (secondary N) is 1. The zero-order chi connectivity index (χ0) is 14.8. The Morgan fingerprint density at radius 3 is 2.48 bits per heavy atom. The number of nitrogens with zero attached hydrogens (tertiary/aromatic N) is 1. The van der Waals surface area contributed by atoms with Crippen molar-refractivity contribution >= 4 is 16.6 Å². The second-order valence-electron chi connectivity index (χ2n) is 5.66. The van der Waals surface area contributed by atoms with E-state index in [2.05, 4.69) is 61.4 Å². The van der Waals surface area contributed by atoms with E-state index in [4.69, 9.17) is 0 Å². The number of rotatable bonds is 3. The van der Waals surface area contributed by atoms with Gasteiger partial charge in [0.15, 0.2) is 0 Å². The summed E-state index contributed by atoms with van der Waals surface area (Å²) in [5, 5.41) is 4.78. The molecule has 0 aliphatic carbocycles. The normalized spacial score (nSPS) is 12.3. The van der Waals surface area contributed by atoms with Gasteiger partial charge in [0.25, 0.3) is 0 Å². The molecule has 0 amide bonds. The third kappa shape index (κ3) is 2.89. The summed E-state index contributed by atoms with van der Waals surface area (Å²) in [6, 6.07) is 17.2. The Morgan fingerprint density at radius 2 is 1.71 bits per heavy atom. The molecule has 1 aromatic heterocycles. The average molecular weight is 276 g/mol. The molecule has 1 heterocycles.